The van der Waals surface area contributed by atoms with Gasteiger partial charge in [0.1, 0.15) is 35.6 Å². The van der Waals surface area contributed by atoms with Crippen molar-refractivity contribution < 1.29 is 47.0 Å². The SMILES string of the molecule is Cc1ncsc1-c1ccc([C@H](C)NC(=O)[C@@H]2C[C@@H](O)CN2C(=O)[C@@H](NC(=O)CCCCCCC(=O)NCCCn2cc(-c3ccc4c(c3)CCN4C(=O)Cc3cccc(OC(F)(F)F)c3)c3c(N)ncnc32)C(C)(C)C)cc1. The van der Waals surface area contributed by atoms with Crippen LogP contribution in [0, 0.1) is 12.3 Å². The van der Waals surface area contributed by atoms with Crippen LogP contribution in [0.3, 0.4) is 0 Å². The zero-order valence-electron chi connectivity index (χ0n) is 44.5. The number of halogens is 3. The lowest BCUT2D eigenvalue weighted by atomic mass is 9.85. The number of aliphatic hydroxyl groups is 1. The first-order valence-corrected chi connectivity index (χ1v) is 27.2. The van der Waals surface area contributed by atoms with Gasteiger partial charge >= 0.3 is 6.36 Å². The molecule has 0 spiro atoms. The molecule has 2 aliphatic heterocycles. The van der Waals surface area contributed by atoms with E-state index in [1.165, 1.54) is 29.4 Å². The van der Waals surface area contributed by atoms with Gasteiger partial charge in [0.15, 0.2) is 0 Å². The fourth-order valence-electron chi connectivity index (χ4n) is 10.2. The number of anilines is 2. The number of nitrogen functional groups attached to an aromatic ring is 1. The van der Waals surface area contributed by atoms with E-state index in [1.807, 2.05) is 93.4 Å². The Bertz CT molecular complexity index is 3140. The van der Waals surface area contributed by atoms with Gasteiger partial charge in [-0.15, -0.1) is 24.5 Å². The van der Waals surface area contributed by atoms with Crippen molar-refractivity contribution in [2.75, 3.05) is 30.3 Å². The molecule has 6 N–H and O–H groups in total. The Labute approximate surface area is 455 Å². The molecule has 0 aliphatic carbocycles. The van der Waals surface area contributed by atoms with Crippen LogP contribution < -0.4 is 31.3 Å². The molecular weight excluding hydrogens is 1030 g/mol. The predicted molar refractivity (Wildman–Crippen MR) is 292 cm³/mol. The third-order valence-corrected chi connectivity index (χ3v) is 15.3. The van der Waals surface area contributed by atoms with Gasteiger partial charge < -0.3 is 45.9 Å². The number of hydrogen-bond donors (Lipinski definition) is 5. The number of ether oxygens (including phenoxy) is 1. The first-order chi connectivity index (χ1) is 37.1. The van der Waals surface area contributed by atoms with Crippen LogP contribution in [0.4, 0.5) is 24.7 Å². The summed E-state index contributed by atoms with van der Waals surface area (Å²) in [4.78, 5) is 84.6. The van der Waals surface area contributed by atoms with Crippen molar-refractivity contribution in [1.29, 1.82) is 0 Å². The van der Waals surface area contributed by atoms with Gasteiger partial charge in [-0.2, -0.15) is 0 Å². The summed E-state index contributed by atoms with van der Waals surface area (Å²) in [6, 6.07) is 16.9. The number of nitrogens with two attached hydrogens (primary N) is 1. The molecule has 5 amide bonds. The highest BCUT2D eigenvalue weighted by Gasteiger charge is 2.45. The smallest absolute Gasteiger partial charge is 0.406 e. The Morgan fingerprint density at radius 1 is 0.897 bits per heavy atom. The number of aromatic nitrogens is 4. The normalized spacial score (nSPS) is 16.2. The molecule has 3 aromatic carbocycles. The number of nitrogens with zero attached hydrogens (tertiary/aromatic N) is 6. The zero-order chi connectivity index (χ0) is 55.9. The first kappa shape index (κ1) is 56.8. The molecule has 0 bridgehead atoms. The van der Waals surface area contributed by atoms with Gasteiger partial charge in [0.2, 0.25) is 29.5 Å². The van der Waals surface area contributed by atoms with Gasteiger partial charge in [0.25, 0.3) is 0 Å². The van der Waals surface area contributed by atoms with E-state index < -0.39 is 35.9 Å². The number of thiazole rings is 1. The number of carbonyl (C=O) groups excluding carboxylic acids is 5. The maximum atomic E-state index is 14.1. The minimum atomic E-state index is -4.84. The molecular formula is C57H67F3N10O7S. The Morgan fingerprint density at radius 2 is 1.63 bits per heavy atom. The van der Waals surface area contributed by atoms with Crippen LogP contribution in [0.1, 0.15) is 107 Å². The molecule has 78 heavy (non-hydrogen) atoms. The fraction of sp³-hybridized carbons (Fsp3) is 0.439. The lowest BCUT2D eigenvalue weighted by molar-refractivity contribution is -0.274. The minimum Gasteiger partial charge on any atom is -0.406 e. The lowest BCUT2D eigenvalue weighted by Gasteiger charge is -2.35. The van der Waals surface area contributed by atoms with Gasteiger partial charge in [0.05, 0.1) is 40.0 Å². The van der Waals surface area contributed by atoms with Crippen LogP contribution in [0.25, 0.3) is 32.6 Å². The molecule has 0 unspecified atom stereocenters. The number of aliphatic hydroxyl groups excluding tert-OH is 1. The summed E-state index contributed by atoms with van der Waals surface area (Å²) in [5.74, 6) is -1.49. The number of rotatable bonds is 21. The first-order valence-electron chi connectivity index (χ1n) is 26.4. The Hall–Kier alpha value is -7.39. The average Bonchev–Trinajstić information content (AvgIpc) is 4.35. The van der Waals surface area contributed by atoms with E-state index in [0.29, 0.717) is 80.6 Å². The number of amides is 5. The summed E-state index contributed by atoms with van der Waals surface area (Å²) in [5.41, 5.74) is 14.8. The quantitative estimate of drug-likeness (QED) is 0.0430. The van der Waals surface area contributed by atoms with Gasteiger partial charge in [-0.25, -0.2) is 15.0 Å². The number of hydrogen-bond acceptors (Lipinski definition) is 12. The number of carbonyl (C=O) groups is 5. The molecule has 3 aromatic heterocycles. The molecule has 21 heteroatoms. The molecule has 414 valence electrons. The highest BCUT2D eigenvalue weighted by Crippen LogP contribution is 2.38. The van der Waals surface area contributed by atoms with Gasteiger partial charge in [-0.1, -0.05) is 76.1 Å². The van der Waals surface area contributed by atoms with E-state index >= 15 is 0 Å². The third-order valence-electron chi connectivity index (χ3n) is 14.3. The summed E-state index contributed by atoms with van der Waals surface area (Å²) < 4.78 is 44.4. The van der Waals surface area contributed by atoms with Crippen molar-refractivity contribution >= 4 is 63.4 Å². The highest BCUT2D eigenvalue weighted by molar-refractivity contribution is 7.13. The largest absolute Gasteiger partial charge is 0.573 e. The van der Waals surface area contributed by atoms with E-state index in [9.17, 15) is 42.3 Å². The average molecular weight is 1090 g/mol. The van der Waals surface area contributed by atoms with Crippen molar-refractivity contribution in [1.82, 2.24) is 40.4 Å². The van der Waals surface area contributed by atoms with Crippen molar-refractivity contribution in [3.05, 3.63) is 107 Å². The molecule has 1 fully saturated rings. The maximum Gasteiger partial charge on any atom is 0.573 e. The monoisotopic (exact) mass is 1090 g/mol. The van der Waals surface area contributed by atoms with Crippen LogP contribution in [0.15, 0.2) is 84.8 Å². The van der Waals surface area contributed by atoms with Crippen molar-refractivity contribution in [2.24, 2.45) is 5.41 Å². The number of fused-ring (bicyclic) bond motifs is 2. The second-order valence-electron chi connectivity index (χ2n) is 21.2. The molecule has 5 heterocycles. The van der Waals surface area contributed by atoms with Gasteiger partial charge in [-0.3, -0.25) is 24.0 Å². The third kappa shape index (κ3) is 14.0. The molecule has 4 atom stereocenters. The van der Waals surface area contributed by atoms with Crippen LogP contribution >= 0.6 is 11.3 Å². The topological polar surface area (TPSA) is 227 Å². The predicted octanol–water partition coefficient (Wildman–Crippen LogP) is 8.36. The van der Waals surface area contributed by atoms with Crippen LogP contribution in [0.2, 0.25) is 0 Å². The van der Waals surface area contributed by atoms with Crippen LogP contribution in [-0.4, -0.2) is 103 Å². The van der Waals surface area contributed by atoms with E-state index in [-0.39, 0.29) is 61.2 Å². The van der Waals surface area contributed by atoms with Crippen molar-refractivity contribution in [3.8, 4) is 27.3 Å². The lowest BCUT2D eigenvalue weighted by Crippen LogP contribution is -2.57. The van der Waals surface area contributed by atoms with Crippen LogP contribution in [0.5, 0.6) is 5.75 Å². The molecule has 8 rings (SSSR count). The summed E-state index contributed by atoms with van der Waals surface area (Å²) in [7, 11) is 0. The summed E-state index contributed by atoms with van der Waals surface area (Å²) in [6.07, 6.45) is 1.95. The maximum absolute atomic E-state index is 14.1. The van der Waals surface area contributed by atoms with E-state index in [2.05, 4.69) is 35.6 Å². The standard InChI is InChI=1S/C57H67F3N10O7S/c1-34(37-16-18-38(19-17-37)50-35(2)65-33-78-50)66-54(75)45-29-41(71)30-70(45)55(76)51(56(3,4)5)67-47(73)15-9-7-6-8-14-46(72)62-23-11-24-68-31-43(49-52(61)63-32-64-53(49)68)39-20-21-44-40(28-39)22-25-69(44)48(74)27-36-12-10-13-42(26-36)77-57(58,59)60/h10,12-13,16-21,26,28,31-34,41,45,51,71H,6-9,11,14-15,22-25,27,29-30H2,1-5H3,(H,62,72)(H,66,75)(H,67,73)(H2,61,63,64)/t34-,41+,45-,51+/m0/s1. The highest BCUT2D eigenvalue weighted by atomic mass is 32.1. The summed E-state index contributed by atoms with van der Waals surface area (Å²) in [5, 5.41) is 20.3. The van der Waals surface area contributed by atoms with E-state index in [1.54, 1.807) is 22.3 Å². The molecule has 0 radical (unpaired) electrons. The molecule has 0 saturated carbocycles. The Morgan fingerprint density at radius 3 is 2.33 bits per heavy atom. The number of benzene rings is 3. The number of likely N-dealkylation sites (tertiary alicyclic amines) is 1. The molecule has 1 saturated heterocycles. The molecule has 6 aromatic rings. The Balaban J connectivity index is 0.757. The second-order valence-corrected chi connectivity index (χ2v) is 22.1. The van der Waals surface area contributed by atoms with Gasteiger partial charge in [-0.05, 0) is 97.0 Å². The zero-order valence-corrected chi connectivity index (χ0v) is 45.3. The van der Waals surface area contributed by atoms with Crippen molar-refractivity contribution in [3.63, 3.8) is 0 Å². The number of nitrogens with one attached hydrogen (secondary N) is 3. The Kier molecular flexibility index (Phi) is 17.9. The number of β-amino-alcohol motifs (C(OH)–C–C–N with tert-alkyl or cyclic N) is 1. The van der Waals surface area contributed by atoms with Crippen LogP contribution in [-0.2, 0) is 43.4 Å². The minimum absolute atomic E-state index is 0.0208. The molecule has 17 nitrogen and oxygen atoms in total. The fourth-order valence-corrected chi connectivity index (χ4v) is 11.0. The van der Waals surface area contributed by atoms with E-state index in [0.717, 1.165) is 50.5 Å². The second kappa shape index (κ2) is 24.5. The van der Waals surface area contributed by atoms with E-state index in [4.69, 9.17) is 5.73 Å². The number of aryl methyl sites for hydroxylation is 2. The summed E-state index contributed by atoms with van der Waals surface area (Å²) in [6.45, 7) is 10.7. The summed E-state index contributed by atoms with van der Waals surface area (Å²) >= 11 is 1.57. The number of alkyl halides is 3. The van der Waals surface area contributed by atoms with Gasteiger partial charge in [0, 0.05) is 62.9 Å². The van der Waals surface area contributed by atoms with Crippen molar-refractivity contribution in [2.45, 2.75) is 136 Å². The molecule has 2 aliphatic rings. The number of unbranched alkanes of at least 4 members (excludes halogenated alkanes) is 3.